The zero-order chi connectivity index (χ0) is 43.3. The van der Waals surface area contributed by atoms with Gasteiger partial charge in [0.15, 0.2) is 0 Å². The quantitative estimate of drug-likeness (QED) is 0.0500. The highest BCUT2D eigenvalue weighted by molar-refractivity contribution is 7.72. The van der Waals surface area contributed by atoms with E-state index < -0.39 is 44.0 Å². The lowest BCUT2D eigenvalue weighted by Gasteiger charge is -2.25. The molecule has 302 valence electrons. The van der Waals surface area contributed by atoms with E-state index in [2.05, 4.69) is 15.3 Å². The number of aromatic carboxylic acids is 2. The van der Waals surface area contributed by atoms with E-state index in [1.807, 2.05) is 0 Å². The number of phenols is 2. The van der Waals surface area contributed by atoms with Gasteiger partial charge in [0.1, 0.15) is 22.6 Å². The normalized spacial score (nSPS) is 11.7. The van der Waals surface area contributed by atoms with Crippen molar-refractivity contribution in [3.8, 4) is 11.5 Å². The van der Waals surface area contributed by atoms with Crippen LogP contribution >= 0.6 is 38.4 Å². The average Bonchev–Trinajstić information content (AvgIpc) is 3.10. The fourth-order valence-corrected chi connectivity index (χ4v) is 5.42. The lowest BCUT2D eigenvalue weighted by Crippen LogP contribution is -2.35. The number of halogens is 2. The van der Waals surface area contributed by atoms with Gasteiger partial charge in [-0.15, -0.1) is 0 Å². The molecule has 0 aliphatic carbocycles. The molecule has 0 aromatic heterocycles. The number of carbonyl (C=O) groups excluding carboxylic acids is 1. The Morgan fingerprint density at radius 3 is 1.42 bits per heavy atom. The van der Waals surface area contributed by atoms with E-state index in [4.69, 9.17) is 63.8 Å². The summed E-state index contributed by atoms with van der Waals surface area (Å²) >= 11 is 11.5. The van der Waals surface area contributed by atoms with Gasteiger partial charge in [-0.05, 0) is 60.5 Å². The molecule has 0 atom stereocenters. The van der Waals surface area contributed by atoms with Gasteiger partial charge >= 0.3 is 33.1 Å². The predicted molar refractivity (Wildman–Crippen MR) is 210 cm³/mol. The summed E-state index contributed by atoms with van der Waals surface area (Å²) in [5.41, 5.74) is 7.10. The number of anilines is 1. The average molecular weight is 869 g/mol. The first-order valence-corrected chi connectivity index (χ1v) is 19.2. The maximum absolute atomic E-state index is 11.2. The Bertz CT molecular complexity index is 2210. The van der Waals surface area contributed by atoms with Gasteiger partial charge in [0.25, 0.3) is 0 Å². The zero-order valence-corrected chi connectivity index (χ0v) is 32.2. The number of rotatable bonds is 11. The third-order valence-electron chi connectivity index (χ3n) is 6.83. The van der Waals surface area contributed by atoms with Gasteiger partial charge in [-0.3, -0.25) is 23.9 Å². The molecule has 23 heteroatoms. The van der Waals surface area contributed by atoms with Crippen LogP contribution in [0.5, 0.6) is 11.5 Å². The Kier molecular flexibility index (Phi) is 17.0. The molecular formula is C34H32Cl2N4O15P2. The van der Waals surface area contributed by atoms with Crippen LogP contribution in [-0.2, 0) is 18.7 Å². The number of aliphatic carboxylic acids is 1. The van der Waals surface area contributed by atoms with Crippen LogP contribution in [-0.4, -0.2) is 86.4 Å². The number of nitrogens with two attached hydrogens (primary N) is 1. The van der Waals surface area contributed by atoms with Crippen molar-refractivity contribution >= 4 is 91.7 Å². The summed E-state index contributed by atoms with van der Waals surface area (Å²) in [5, 5.41) is 45.9. The lowest BCUT2D eigenvalue weighted by atomic mass is 10.1. The third-order valence-corrected chi connectivity index (χ3v) is 11.3. The summed E-state index contributed by atoms with van der Waals surface area (Å²) < 4.78 is 20.8. The van der Waals surface area contributed by atoms with Crippen LogP contribution in [0.15, 0.2) is 101 Å². The van der Waals surface area contributed by atoms with E-state index >= 15 is 0 Å². The summed E-state index contributed by atoms with van der Waals surface area (Å²) in [5.74, 6) is -4.91. The summed E-state index contributed by atoms with van der Waals surface area (Å²) in [4.78, 5) is 85.1. The lowest BCUT2D eigenvalue weighted by molar-refractivity contribution is -0.131. The van der Waals surface area contributed by atoms with Gasteiger partial charge in [-0.1, -0.05) is 47.5 Å². The molecule has 0 saturated carbocycles. The topological polar surface area (TPSA) is 347 Å². The Morgan fingerprint density at radius 1 is 0.684 bits per heavy atom. The molecule has 57 heavy (non-hydrogen) atoms. The minimum atomic E-state index is -4.98. The number of aromatic hydroxyl groups is 2. The molecule has 0 aliphatic rings. The monoisotopic (exact) mass is 868 g/mol. The number of carboxylic acid groups (broad SMARTS) is 3. The maximum Gasteiger partial charge on any atom is 0.357 e. The van der Waals surface area contributed by atoms with Crippen molar-refractivity contribution < 1.29 is 73.4 Å². The number of amides is 1. The van der Waals surface area contributed by atoms with E-state index in [1.165, 1.54) is 48.5 Å². The van der Waals surface area contributed by atoms with E-state index in [-0.39, 0.29) is 27.6 Å². The predicted octanol–water partition coefficient (Wildman–Crippen LogP) is 5.54. The number of aliphatic imine (C=N–C) groups is 2. The van der Waals surface area contributed by atoms with Crippen molar-refractivity contribution in [3.05, 3.63) is 123 Å². The van der Waals surface area contributed by atoms with Gasteiger partial charge in [0.2, 0.25) is 10.9 Å². The molecule has 0 spiro atoms. The molecule has 0 unspecified atom stereocenters. The number of hydrogen-bond donors (Lipinski definition) is 11. The molecule has 4 aromatic rings. The van der Waals surface area contributed by atoms with Crippen molar-refractivity contribution in [3.63, 3.8) is 0 Å². The van der Waals surface area contributed by atoms with Crippen molar-refractivity contribution in [1.82, 2.24) is 0 Å². The Hall–Kier alpha value is -5.72. The van der Waals surface area contributed by atoms with Gasteiger partial charge < -0.3 is 56.2 Å². The van der Waals surface area contributed by atoms with E-state index in [9.17, 15) is 38.5 Å². The van der Waals surface area contributed by atoms with Crippen LogP contribution in [0, 0.1) is 0 Å². The first-order chi connectivity index (χ1) is 26.3. The molecule has 0 aliphatic heterocycles. The molecule has 4 rings (SSSR count). The van der Waals surface area contributed by atoms with E-state index in [1.54, 1.807) is 42.8 Å². The summed E-state index contributed by atoms with van der Waals surface area (Å²) in [7, 11) is -9.95. The molecule has 1 amide bonds. The Balaban J connectivity index is 0.000000347. The van der Waals surface area contributed by atoms with Crippen LogP contribution in [0.1, 0.15) is 38.8 Å². The fraction of sp³-hybridized carbons (Fsp3) is 0.0588. The summed E-state index contributed by atoms with van der Waals surface area (Å²) in [6.07, 6.45) is 4.77. The highest BCUT2D eigenvalue weighted by Crippen LogP contribution is 2.65. The number of nitrogens with one attached hydrogen (secondary N) is 1. The van der Waals surface area contributed by atoms with Gasteiger partial charge in [0.05, 0.1) is 22.1 Å². The highest BCUT2D eigenvalue weighted by atomic mass is 35.5. The van der Waals surface area contributed by atoms with Crippen LogP contribution < -0.4 is 11.1 Å². The van der Waals surface area contributed by atoms with Crippen LogP contribution in [0.4, 0.5) is 17.1 Å². The van der Waals surface area contributed by atoms with Gasteiger partial charge in [0, 0.05) is 41.7 Å². The molecule has 0 bridgehead atoms. The molecule has 4 aromatic carbocycles. The summed E-state index contributed by atoms with van der Waals surface area (Å²) in [6.45, 7) is 0.606. The van der Waals surface area contributed by atoms with Crippen LogP contribution in [0.25, 0.3) is 0 Å². The Labute approximate surface area is 332 Å². The standard InChI is InChI=1S/C22H16N2O6.C10H7Cl2NO3.C2H9NO6P2/c25-19-9-15(5-7-17(19)21(27)28)23-11-13-1-2-14(4-3-13)12-24-16-6-8-18(22(29)30)20(26)10-16;11-6-1-2-8(7(12)5-6)13-9(14)3-4-10(15)16;1-2(3,10(4,5)6)11(7,8)9/h1-12,25-26H,(H,27,28)(H,29,30);1-5H,(H,13,14)(H,15,16);3H2,1H3,(H2,4,5,6)(H2,7,8,9)/b;4-3-;. The molecule has 0 radical (unpaired) electrons. The number of carboxylic acids is 3. The van der Waals surface area contributed by atoms with Gasteiger partial charge in [-0.25, -0.2) is 14.4 Å². The molecule has 12 N–H and O–H groups in total. The number of carbonyl (C=O) groups is 4. The molecule has 0 saturated heterocycles. The van der Waals surface area contributed by atoms with Crippen molar-refractivity contribution in [2.24, 2.45) is 15.7 Å². The van der Waals surface area contributed by atoms with Crippen LogP contribution in [0.2, 0.25) is 10.0 Å². The second kappa shape index (κ2) is 20.4. The highest BCUT2D eigenvalue weighted by Gasteiger charge is 2.53. The van der Waals surface area contributed by atoms with E-state index in [0.717, 1.165) is 23.3 Å². The second-order valence-electron chi connectivity index (χ2n) is 11.2. The second-order valence-corrected chi connectivity index (χ2v) is 16.4. The minimum Gasteiger partial charge on any atom is -0.507 e. The first kappa shape index (κ1) is 47.4. The first-order valence-electron chi connectivity index (χ1n) is 15.2. The Morgan fingerprint density at radius 2 is 1.11 bits per heavy atom. The SMILES string of the molecule is CC(N)(P(=O)(O)O)P(=O)(O)O.O=C(O)/C=C\C(=O)Nc1ccc(Cl)cc1Cl.O=C(O)c1ccc(N=Cc2ccc(C=Nc3ccc(C(=O)O)c(O)c3)cc2)cc1O. The number of nitrogens with zero attached hydrogens (tertiary/aromatic N) is 2. The van der Waals surface area contributed by atoms with Crippen molar-refractivity contribution in [2.45, 2.75) is 11.9 Å². The molecular weight excluding hydrogens is 837 g/mol. The van der Waals surface area contributed by atoms with Crippen LogP contribution in [0.3, 0.4) is 0 Å². The van der Waals surface area contributed by atoms with E-state index in [0.29, 0.717) is 29.0 Å². The molecule has 19 nitrogen and oxygen atoms in total. The smallest absolute Gasteiger partial charge is 0.357 e. The summed E-state index contributed by atoms with van der Waals surface area (Å²) in [6, 6.07) is 19.8. The zero-order valence-electron chi connectivity index (χ0n) is 28.9. The maximum atomic E-state index is 11.2. The van der Waals surface area contributed by atoms with Gasteiger partial charge in [-0.2, -0.15) is 0 Å². The fourth-order valence-electron chi connectivity index (χ4n) is 3.61. The van der Waals surface area contributed by atoms with Crippen molar-refractivity contribution in [2.75, 3.05) is 5.32 Å². The third kappa shape index (κ3) is 15.0. The molecule has 0 heterocycles. The number of benzene rings is 4. The molecule has 0 fully saturated rings. The minimum absolute atomic E-state index is 0.191. The van der Waals surface area contributed by atoms with Crippen molar-refractivity contribution in [1.29, 1.82) is 0 Å². The largest absolute Gasteiger partial charge is 0.507 e. The number of hydrogen-bond acceptors (Lipinski definition) is 11.